The summed E-state index contributed by atoms with van der Waals surface area (Å²) >= 11 is 6.37. The summed E-state index contributed by atoms with van der Waals surface area (Å²) in [4.78, 5) is 22.9. The molecule has 0 aliphatic rings. The molecule has 4 aromatic rings. The van der Waals surface area contributed by atoms with Crippen molar-refractivity contribution in [1.82, 2.24) is 25.1 Å². The van der Waals surface area contributed by atoms with Gasteiger partial charge in [-0.05, 0) is 23.8 Å². The van der Waals surface area contributed by atoms with Crippen molar-refractivity contribution in [3.63, 3.8) is 0 Å². The van der Waals surface area contributed by atoms with Crippen LogP contribution in [-0.2, 0) is 5.41 Å². The molecule has 4 rings (SSSR count). The van der Waals surface area contributed by atoms with Gasteiger partial charge in [0.1, 0.15) is 5.82 Å². The third kappa shape index (κ3) is 6.09. The molecule has 0 spiro atoms. The molecule has 0 aliphatic heterocycles. The molecule has 0 aliphatic carbocycles. The lowest BCUT2D eigenvalue weighted by Crippen LogP contribution is -2.22. The van der Waals surface area contributed by atoms with E-state index in [9.17, 15) is 9.90 Å². The van der Waals surface area contributed by atoms with Crippen LogP contribution in [0, 0.1) is 0 Å². The number of carbonyl (C=O) groups is 1. The van der Waals surface area contributed by atoms with Gasteiger partial charge in [0.05, 0.1) is 28.8 Å². The Hall–Kier alpha value is -4.02. The zero-order valence-corrected chi connectivity index (χ0v) is 22.6. The average molecular weight is 536 g/mol. The molecule has 2 aromatic heterocycles. The number of aromatic nitrogens is 4. The molecule has 0 radical (unpaired) electrons. The Morgan fingerprint density at radius 3 is 2.47 bits per heavy atom. The van der Waals surface area contributed by atoms with Crippen LogP contribution in [0.1, 0.15) is 48.6 Å². The van der Waals surface area contributed by atoms with Crippen LogP contribution in [0.4, 0.5) is 17.5 Å². The van der Waals surface area contributed by atoms with Crippen LogP contribution >= 0.6 is 11.6 Å². The quantitative estimate of drug-likeness (QED) is 0.283. The molecular formula is C27H30ClN7O3. The third-order valence-corrected chi connectivity index (χ3v) is 5.96. The lowest BCUT2D eigenvalue weighted by molar-refractivity contribution is 0.0828. The number of aliphatic hydroxyl groups excluding tert-OH is 1. The van der Waals surface area contributed by atoms with E-state index in [1.165, 1.54) is 4.90 Å². The SMILES string of the molecule is CN(C)C(=O)c1ccc(Nc2ncc(-c3nnc(C(C)(C)C)o3)c(N[C@H](CO)c3ccccc3)n2)cc1Cl. The summed E-state index contributed by atoms with van der Waals surface area (Å²) in [6.07, 6.45) is 1.57. The van der Waals surface area contributed by atoms with Gasteiger partial charge >= 0.3 is 0 Å². The number of rotatable bonds is 8. The molecule has 38 heavy (non-hydrogen) atoms. The van der Waals surface area contributed by atoms with E-state index < -0.39 is 6.04 Å². The maximum absolute atomic E-state index is 12.3. The molecule has 2 heterocycles. The van der Waals surface area contributed by atoms with Gasteiger partial charge in [0.15, 0.2) is 0 Å². The van der Waals surface area contributed by atoms with Crippen molar-refractivity contribution in [3.8, 4) is 11.5 Å². The van der Waals surface area contributed by atoms with E-state index in [2.05, 4.69) is 30.8 Å². The van der Waals surface area contributed by atoms with E-state index >= 15 is 0 Å². The minimum absolute atomic E-state index is 0.176. The molecule has 0 unspecified atom stereocenters. The van der Waals surface area contributed by atoms with Gasteiger partial charge in [0.25, 0.3) is 11.8 Å². The van der Waals surface area contributed by atoms with E-state index in [1.807, 2.05) is 51.1 Å². The van der Waals surface area contributed by atoms with Crippen molar-refractivity contribution >= 4 is 35.0 Å². The minimum atomic E-state index is -0.450. The second-order valence-electron chi connectivity index (χ2n) is 9.93. The first-order chi connectivity index (χ1) is 18.1. The first-order valence-corrected chi connectivity index (χ1v) is 12.4. The Morgan fingerprint density at radius 2 is 1.87 bits per heavy atom. The van der Waals surface area contributed by atoms with Crippen molar-refractivity contribution in [2.24, 2.45) is 0 Å². The van der Waals surface area contributed by atoms with Crippen LogP contribution in [0.2, 0.25) is 5.02 Å². The number of anilines is 3. The standard InChI is InChI=1S/C27H30ClN7O3/c1-27(2,3)25-34-33-23(38-25)19-14-29-26(30-17-11-12-18(20(28)13-17)24(37)35(4)5)32-22(19)31-21(15-36)16-9-7-6-8-10-16/h6-14,21,36H,15H2,1-5H3,(H2,29,30,31,32)/t21-/m1/s1. The highest BCUT2D eigenvalue weighted by atomic mass is 35.5. The van der Waals surface area contributed by atoms with Crippen LogP contribution in [0.5, 0.6) is 0 Å². The number of halogens is 1. The van der Waals surface area contributed by atoms with Gasteiger partial charge in [0.2, 0.25) is 11.8 Å². The smallest absolute Gasteiger partial charge is 0.254 e. The number of carbonyl (C=O) groups excluding carboxylic acids is 1. The van der Waals surface area contributed by atoms with Crippen LogP contribution in [-0.4, -0.2) is 56.8 Å². The minimum Gasteiger partial charge on any atom is -0.420 e. The number of amides is 1. The fourth-order valence-electron chi connectivity index (χ4n) is 3.56. The Bertz CT molecular complexity index is 1420. The van der Waals surface area contributed by atoms with Gasteiger partial charge in [-0.3, -0.25) is 4.79 Å². The molecule has 0 bridgehead atoms. The van der Waals surface area contributed by atoms with Crippen molar-refractivity contribution < 1.29 is 14.3 Å². The Labute approximate surface area is 226 Å². The van der Waals surface area contributed by atoms with Gasteiger partial charge in [0, 0.05) is 31.4 Å². The molecule has 1 amide bonds. The predicted molar refractivity (Wildman–Crippen MR) is 147 cm³/mol. The molecule has 11 heteroatoms. The Kier molecular flexibility index (Phi) is 7.94. The second-order valence-corrected chi connectivity index (χ2v) is 10.3. The maximum Gasteiger partial charge on any atom is 0.254 e. The molecule has 10 nitrogen and oxygen atoms in total. The van der Waals surface area contributed by atoms with Crippen molar-refractivity contribution in [1.29, 1.82) is 0 Å². The van der Waals surface area contributed by atoms with Crippen LogP contribution < -0.4 is 10.6 Å². The average Bonchev–Trinajstić information content (AvgIpc) is 3.38. The number of hydrogen-bond acceptors (Lipinski definition) is 9. The van der Waals surface area contributed by atoms with Gasteiger partial charge < -0.3 is 25.1 Å². The fraction of sp³-hybridized carbons (Fsp3) is 0.296. The summed E-state index contributed by atoms with van der Waals surface area (Å²) < 4.78 is 5.95. The third-order valence-electron chi connectivity index (χ3n) is 5.64. The Morgan fingerprint density at radius 1 is 1.13 bits per heavy atom. The molecule has 198 valence electrons. The summed E-state index contributed by atoms with van der Waals surface area (Å²) in [6.45, 7) is 5.76. The first-order valence-electron chi connectivity index (χ1n) is 12.0. The number of benzene rings is 2. The molecule has 0 saturated carbocycles. The van der Waals surface area contributed by atoms with Gasteiger partial charge in [-0.1, -0.05) is 62.7 Å². The van der Waals surface area contributed by atoms with Crippen LogP contribution in [0.3, 0.4) is 0 Å². The summed E-state index contributed by atoms with van der Waals surface area (Å²) in [6, 6.07) is 14.1. The summed E-state index contributed by atoms with van der Waals surface area (Å²) in [5.74, 6) is 1.19. The van der Waals surface area contributed by atoms with Crippen LogP contribution in [0.25, 0.3) is 11.5 Å². The summed E-state index contributed by atoms with van der Waals surface area (Å²) in [5, 5.41) is 25.2. The van der Waals surface area contributed by atoms with Crippen molar-refractivity contribution in [2.45, 2.75) is 32.2 Å². The number of aliphatic hydroxyl groups is 1. The lowest BCUT2D eigenvalue weighted by Gasteiger charge is -2.19. The largest absolute Gasteiger partial charge is 0.420 e. The van der Waals surface area contributed by atoms with Crippen molar-refractivity contribution in [2.75, 3.05) is 31.3 Å². The Balaban J connectivity index is 1.70. The molecule has 2 aromatic carbocycles. The molecule has 3 N–H and O–H groups in total. The monoisotopic (exact) mass is 535 g/mol. The van der Waals surface area contributed by atoms with Gasteiger partial charge in [-0.25, -0.2) is 4.98 Å². The molecule has 1 atom stereocenters. The highest BCUT2D eigenvalue weighted by molar-refractivity contribution is 6.34. The molecular weight excluding hydrogens is 506 g/mol. The van der Waals surface area contributed by atoms with E-state index in [0.717, 1.165) is 5.56 Å². The molecule has 0 fully saturated rings. The normalized spacial score (nSPS) is 12.2. The predicted octanol–water partition coefficient (Wildman–Crippen LogP) is 5.07. The second kappa shape index (κ2) is 11.2. The summed E-state index contributed by atoms with van der Waals surface area (Å²) in [5.41, 5.74) is 2.01. The maximum atomic E-state index is 12.3. The molecule has 0 saturated heterocycles. The highest BCUT2D eigenvalue weighted by Gasteiger charge is 2.25. The number of nitrogens with zero attached hydrogens (tertiary/aromatic N) is 5. The lowest BCUT2D eigenvalue weighted by atomic mass is 9.97. The topological polar surface area (TPSA) is 129 Å². The van der Waals surface area contributed by atoms with E-state index in [-0.39, 0.29) is 29.8 Å². The fourth-order valence-corrected chi connectivity index (χ4v) is 3.83. The van der Waals surface area contributed by atoms with E-state index in [0.29, 0.717) is 33.5 Å². The number of hydrogen-bond donors (Lipinski definition) is 3. The number of nitrogens with one attached hydrogen (secondary N) is 2. The zero-order chi connectivity index (χ0) is 27.4. The van der Waals surface area contributed by atoms with E-state index in [4.69, 9.17) is 16.0 Å². The van der Waals surface area contributed by atoms with Crippen LogP contribution in [0.15, 0.2) is 59.1 Å². The zero-order valence-electron chi connectivity index (χ0n) is 21.9. The van der Waals surface area contributed by atoms with E-state index in [1.54, 1.807) is 38.5 Å². The van der Waals surface area contributed by atoms with Crippen molar-refractivity contribution in [3.05, 3.63) is 76.8 Å². The summed E-state index contributed by atoms with van der Waals surface area (Å²) in [7, 11) is 3.33. The first kappa shape index (κ1) is 27.0. The highest BCUT2D eigenvalue weighted by Crippen LogP contribution is 2.32. The van der Waals surface area contributed by atoms with Gasteiger partial charge in [-0.2, -0.15) is 4.98 Å². The van der Waals surface area contributed by atoms with Gasteiger partial charge in [-0.15, -0.1) is 10.2 Å².